The maximum Gasteiger partial charge on any atom is 0.490 e. The van der Waals surface area contributed by atoms with Gasteiger partial charge in [-0.05, 0) is 18.2 Å². The summed E-state index contributed by atoms with van der Waals surface area (Å²) in [6.45, 7) is 0.578. The van der Waals surface area contributed by atoms with Crippen LogP contribution >= 0.6 is 0 Å². The lowest BCUT2D eigenvalue weighted by Gasteiger charge is -2.01. The summed E-state index contributed by atoms with van der Waals surface area (Å²) in [5.41, 5.74) is 3.19. The molecule has 2 N–H and O–H groups in total. The van der Waals surface area contributed by atoms with Crippen molar-refractivity contribution in [3.8, 4) is 11.3 Å². The summed E-state index contributed by atoms with van der Waals surface area (Å²) in [4.78, 5) is 28.7. The van der Waals surface area contributed by atoms with Crippen LogP contribution in [0.5, 0.6) is 0 Å². The Morgan fingerprint density at radius 1 is 1.26 bits per heavy atom. The Morgan fingerprint density at radius 3 is 2.52 bits per heavy atom. The average molecular weight is 325 g/mol. The molecule has 1 aliphatic rings. The SMILES string of the molecule is O=C(O)C(F)(F)F.O=C1NCc2ccc(-c3cccnc3)nc21. The van der Waals surface area contributed by atoms with E-state index >= 15 is 0 Å². The number of amides is 1. The first-order valence-corrected chi connectivity index (χ1v) is 6.27. The zero-order valence-electron chi connectivity index (χ0n) is 11.5. The molecule has 0 atom stereocenters. The number of hydrogen-bond donors (Lipinski definition) is 2. The second-order valence-corrected chi connectivity index (χ2v) is 4.43. The molecule has 3 heterocycles. The van der Waals surface area contributed by atoms with Crippen molar-refractivity contribution in [2.75, 3.05) is 0 Å². The van der Waals surface area contributed by atoms with E-state index in [4.69, 9.17) is 9.90 Å². The number of carboxylic acid groups (broad SMARTS) is 1. The number of carboxylic acids is 1. The topological polar surface area (TPSA) is 92.2 Å². The van der Waals surface area contributed by atoms with Gasteiger partial charge in [-0.3, -0.25) is 9.78 Å². The quantitative estimate of drug-likeness (QED) is 0.837. The van der Waals surface area contributed by atoms with Crippen LogP contribution in [-0.4, -0.2) is 33.1 Å². The van der Waals surface area contributed by atoms with E-state index in [-0.39, 0.29) is 5.91 Å². The lowest BCUT2D eigenvalue weighted by atomic mass is 10.1. The molecular formula is C14H10F3N3O3. The summed E-state index contributed by atoms with van der Waals surface area (Å²) in [7, 11) is 0. The van der Waals surface area contributed by atoms with Gasteiger partial charge >= 0.3 is 12.1 Å². The molecule has 0 spiro atoms. The fourth-order valence-electron chi connectivity index (χ4n) is 1.76. The Morgan fingerprint density at radius 2 is 1.96 bits per heavy atom. The molecule has 3 rings (SSSR count). The number of carbonyl (C=O) groups is 2. The Hall–Kier alpha value is -2.97. The van der Waals surface area contributed by atoms with E-state index in [1.807, 2.05) is 24.3 Å². The zero-order valence-corrected chi connectivity index (χ0v) is 11.5. The first kappa shape index (κ1) is 16.4. The predicted molar refractivity (Wildman–Crippen MR) is 72.3 cm³/mol. The van der Waals surface area contributed by atoms with Gasteiger partial charge in [-0.2, -0.15) is 13.2 Å². The van der Waals surface area contributed by atoms with Gasteiger partial charge < -0.3 is 10.4 Å². The van der Waals surface area contributed by atoms with Gasteiger partial charge in [0.1, 0.15) is 5.69 Å². The summed E-state index contributed by atoms with van der Waals surface area (Å²) in [5, 5.41) is 9.87. The number of rotatable bonds is 1. The van der Waals surface area contributed by atoms with E-state index < -0.39 is 12.1 Å². The van der Waals surface area contributed by atoms with Crippen LogP contribution < -0.4 is 5.32 Å². The van der Waals surface area contributed by atoms with Crippen molar-refractivity contribution in [3.63, 3.8) is 0 Å². The number of halogens is 3. The van der Waals surface area contributed by atoms with Crippen LogP contribution in [0.4, 0.5) is 13.2 Å². The highest BCUT2D eigenvalue weighted by Crippen LogP contribution is 2.20. The molecule has 9 heteroatoms. The van der Waals surface area contributed by atoms with Crippen molar-refractivity contribution in [1.29, 1.82) is 0 Å². The Labute approximate surface area is 128 Å². The highest BCUT2D eigenvalue weighted by atomic mass is 19.4. The molecule has 0 radical (unpaired) electrons. The Bertz CT molecular complexity index is 733. The fourth-order valence-corrected chi connectivity index (χ4v) is 1.76. The molecule has 0 fully saturated rings. The number of pyridine rings is 2. The molecule has 120 valence electrons. The second kappa shape index (κ2) is 6.42. The van der Waals surface area contributed by atoms with E-state index in [1.165, 1.54) is 0 Å². The second-order valence-electron chi connectivity index (χ2n) is 4.43. The molecule has 0 aliphatic carbocycles. The zero-order chi connectivity index (χ0) is 17.0. The number of nitrogens with one attached hydrogen (secondary N) is 1. The molecule has 0 saturated carbocycles. The van der Waals surface area contributed by atoms with Gasteiger partial charge in [0, 0.05) is 30.1 Å². The normalized spacial score (nSPS) is 12.7. The number of alkyl halides is 3. The van der Waals surface area contributed by atoms with Gasteiger partial charge in [0.25, 0.3) is 5.91 Å². The van der Waals surface area contributed by atoms with Gasteiger partial charge in [-0.15, -0.1) is 0 Å². The smallest absolute Gasteiger partial charge is 0.475 e. The minimum absolute atomic E-state index is 0.0965. The molecule has 1 aliphatic heterocycles. The lowest BCUT2D eigenvalue weighted by molar-refractivity contribution is -0.192. The standard InChI is InChI=1S/C12H9N3O.C2HF3O2/c16-12-11-9(7-14-12)3-4-10(15-11)8-2-1-5-13-6-8;3-2(4,5)1(6)7/h1-6H,7H2,(H,14,16);(H,6,7). The summed E-state index contributed by atoms with van der Waals surface area (Å²) in [6, 6.07) is 7.62. The van der Waals surface area contributed by atoms with Crippen molar-refractivity contribution in [3.05, 3.63) is 47.9 Å². The number of hydrogen-bond acceptors (Lipinski definition) is 4. The van der Waals surface area contributed by atoms with Gasteiger partial charge in [0.2, 0.25) is 0 Å². The molecule has 0 saturated heterocycles. The van der Waals surface area contributed by atoms with Crippen LogP contribution in [0.2, 0.25) is 0 Å². The first-order valence-electron chi connectivity index (χ1n) is 6.27. The van der Waals surface area contributed by atoms with Crippen LogP contribution in [0.25, 0.3) is 11.3 Å². The van der Waals surface area contributed by atoms with Crippen molar-refractivity contribution in [2.45, 2.75) is 12.7 Å². The fraction of sp³-hybridized carbons (Fsp3) is 0.143. The van der Waals surface area contributed by atoms with Gasteiger partial charge in [0.15, 0.2) is 0 Å². The summed E-state index contributed by atoms with van der Waals surface area (Å²) in [5.74, 6) is -2.85. The minimum Gasteiger partial charge on any atom is -0.475 e. The van der Waals surface area contributed by atoms with Crippen LogP contribution in [0.1, 0.15) is 16.1 Å². The molecule has 6 nitrogen and oxygen atoms in total. The molecule has 0 aromatic carbocycles. The number of aliphatic carboxylic acids is 1. The highest BCUT2D eigenvalue weighted by molar-refractivity contribution is 5.96. The summed E-state index contributed by atoms with van der Waals surface area (Å²) in [6.07, 6.45) is -1.63. The van der Waals surface area contributed by atoms with E-state index in [0.29, 0.717) is 12.2 Å². The van der Waals surface area contributed by atoms with E-state index in [0.717, 1.165) is 16.8 Å². The van der Waals surface area contributed by atoms with Gasteiger partial charge in [-0.25, -0.2) is 9.78 Å². The highest BCUT2D eigenvalue weighted by Gasteiger charge is 2.38. The van der Waals surface area contributed by atoms with E-state index in [2.05, 4.69) is 15.3 Å². The largest absolute Gasteiger partial charge is 0.490 e. The minimum atomic E-state index is -5.08. The van der Waals surface area contributed by atoms with E-state index in [1.54, 1.807) is 12.4 Å². The van der Waals surface area contributed by atoms with Crippen LogP contribution in [0.3, 0.4) is 0 Å². The summed E-state index contributed by atoms with van der Waals surface area (Å²) >= 11 is 0. The van der Waals surface area contributed by atoms with Gasteiger partial charge in [0.05, 0.1) is 5.69 Å². The maximum atomic E-state index is 11.5. The molecule has 0 bridgehead atoms. The monoisotopic (exact) mass is 325 g/mol. The molecule has 2 aromatic rings. The number of fused-ring (bicyclic) bond motifs is 1. The molecule has 2 aromatic heterocycles. The van der Waals surface area contributed by atoms with Crippen molar-refractivity contribution < 1.29 is 27.9 Å². The van der Waals surface area contributed by atoms with Crippen molar-refractivity contribution >= 4 is 11.9 Å². The van der Waals surface area contributed by atoms with Crippen molar-refractivity contribution in [2.24, 2.45) is 0 Å². The molecular weight excluding hydrogens is 315 g/mol. The Kier molecular flexibility index (Phi) is 4.58. The number of nitrogens with zero attached hydrogens (tertiary/aromatic N) is 2. The first-order chi connectivity index (χ1) is 10.8. The van der Waals surface area contributed by atoms with Crippen molar-refractivity contribution in [1.82, 2.24) is 15.3 Å². The third-order valence-corrected chi connectivity index (χ3v) is 2.83. The van der Waals surface area contributed by atoms with Gasteiger partial charge in [-0.1, -0.05) is 6.07 Å². The van der Waals surface area contributed by atoms with Crippen LogP contribution in [0, 0.1) is 0 Å². The average Bonchev–Trinajstić information content (AvgIpc) is 2.89. The number of carbonyl (C=O) groups excluding carboxylic acids is 1. The third-order valence-electron chi connectivity index (χ3n) is 2.83. The third kappa shape index (κ3) is 4.02. The van der Waals surface area contributed by atoms with Crippen LogP contribution in [0.15, 0.2) is 36.7 Å². The van der Waals surface area contributed by atoms with E-state index in [9.17, 15) is 18.0 Å². The molecule has 23 heavy (non-hydrogen) atoms. The Balaban J connectivity index is 0.000000236. The number of aromatic nitrogens is 2. The molecule has 1 amide bonds. The molecule has 0 unspecified atom stereocenters. The predicted octanol–water partition coefficient (Wildman–Crippen LogP) is 2.02. The lowest BCUT2D eigenvalue weighted by Crippen LogP contribution is -2.21. The van der Waals surface area contributed by atoms with Crippen LogP contribution in [-0.2, 0) is 11.3 Å². The maximum absolute atomic E-state index is 11.5. The summed E-state index contributed by atoms with van der Waals surface area (Å²) < 4.78 is 31.7.